The number of hydrogen-bond acceptors (Lipinski definition) is 4. The maximum Gasteiger partial charge on any atom is 0.219 e. The van der Waals surface area contributed by atoms with Gasteiger partial charge in [-0.3, -0.25) is 4.79 Å². The van der Waals surface area contributed by atoms with Crippen molar-refractivity contribution in [2.75, 3.05) is 6.54 Å². The van der Waals surface area contributed by atoms with Crippen molar-refractivity contribution in [3.05, 3.63) is 34.7 Å². The number of thiazole rings is 1. The zero-order valence-electron chi connectivity index (χ0n) is 10.7. The molecule has 100 valence electrons. The summed E-state index contributed by atoms with van der Waals surface area (Å²) in [5.74, 6) is 0.316. The van der Waals surface area contributed by atoms with Crippen LogP contribution in [-0.4, -0.2) is 22.5 Å². The second-order valence-electron chi connectivity index (χ2n) is 4.13. The second-order valence-corrected chi connectivity index (χ2v) is 5.07. The van der Waals surface area contributed by atoms with Crippen LogP contribution in [0.3, 0.4) is 0 Å². The fraction of sp³-hybridized carbons (Fsp3) is 0.286. The van der Waals surface area contributed by atoms with Gasteiger partial charge in [-0.05, 0) is 24.3 Å². The van der Waals surface area contributed by atoms with Gasteiger partial charge in [0.2, 0.25) is 5.91 Å². The van der Waals surface area contributed by atoms with Gasteiger partial charge >= 0.3 is 0 Å². The Hall–Kier alpha value is -1.88. The van der Waals surface area contributed by atoms with Gasteiger partial charge in [0.1, 0.15) is 5.75 Å². The van der Waals surface area contributed by atoms with Gasteiger partial charge in [-0.1, -0.05) is 6.92 Å². The molecule has 0 aliphatic rings. The van der Waals surface area contributed by atoms with Crippen molar-refractivity contribution in [2.24, 2.45) is 0 Å². The van der Waals surface area contributed by atoms with Crippen LogP contribution in [0.2, 0.25) is 0 Å². The lowest BCUT2D eigenvalue weighted by molar-refractivity contribution is -0.120. The van der Waals surface area contributed by atoms with E-state index in [-0.39, 0.29) is 11.7 Å². The summed E-state index contributed by atoms with van der Waals surface area (Å²) in [5.41, 5.74) is 1.89. The van der Waals surface area contributed by atoms with E-state index in [4.69, 9.17) is 0 Å². The highest BCUT2D eigenvalue weighted by molar-refractivity contribution is 7.09. The lowest BCUT2D eigenvalue weighted by atomic mass is 10.2. The van der Waals surface area contributed by atoms with Crippen molar-refractivity contribution in [1.82, 2.24) is 10.3 Å². The molecule has 0 fully saturated rings. The Morgan fingerprint density at radius 2 is 2.11 bits per heavy atom. The summed E-state index contributed by atoms with van der Waals surface area (Å²) >= 11 is 1.58. The molecule has 0 aliphatic heterocycles. The lowest BCUT2D eigenvalue weighted by Gasteiger charge is -2.00. The SMILES string of the molecule is CCC(=O)NCCc1nc(-c2ccc(O)cc2)cs1. The summed E-state index contributed by atoms with van der Waals surface area (Å²) in [7, 11) is 0. The van der Waals surface area contributed by atoms with Gasteiger partial charge < -0.3 is 10.4 Å². The first-order valence-electron chi connectivity index (χ1n) is 6.19. The molecule has 4 nitrogen and oxygen atoms in total. The number of amides is 1. The van der Waals surface area contributed by atoms with Gasteiger partial charge in [0, 0.05) is 30.3 Å². The third-order valence-electron chi connectivity index (χ3n) is 2.70. The first-order chi connectivity index (χ1) is 9.19. The van der Waals surface area contributed by atoms with Crippen LogP contribution in [0.1, 0.15) is 18.4 Å². The van der Waals surface area contributed by atoms with Gasteiger partial charge in [-0.2, -0.15) is 0 Å². The molecule has 0 bridgehead atoms. The number of rotatable bonds is 5. The third-order valence-corrected chi connectivity index (χ3v) is 3.61. The smallest absolute Gasteiger partial charge is 0.219 e. The van der Waals surface area contributed by atoms with E-state index in [1.54, 1.807) is 23.5 Å². The van der Waals surface area contributed by atoms with Crippen LogP contribution in [0.15, 0.2) is 29.6 Å². The van der Waals surface area contributed by atoms with Crippen LogP contribution in [0.5, 0.6) is 5.75 Å². The average molecular weight is 276 g/mol. The number of nitrogens with zero attached hydrogens (tertiary/aromatic N) is 1. The van der Waals surface area contributed by atoms with Gasteiger partial charge in [0.15, 0.2) is 0 Å². The Morgan fingerprint density at radius 3 is 2.79 bits per heavy atom. The summed E-state index contributed by atoms with van der Waals surface area (Å²) in [6, 6.07) is 6.98. The minimum Gasteiger partial charge on any atom is -0.508 e. The molecule has 0 aliphatic carbocycles. The van der Waals surface area contributed by atoms with Crippen molar-refractivity contribution in [3.8, 4) is 17.0 Å². The van der Waals surface area contributed by atoms with Crippen LogP contribution in [0, 0.1) is 0 Å². The fourth-order valence-corrected chi connectivity index (χ4v) is 2.43. The molecule has 2 aromatic rings. The Bertz CT molecular complexity index is 549. The number of benzene rings is 1. The molecule has 0 saturated carbocycles. The van der Waals surface area contributed by atoms with Crippen LogP contribution < -0.4 is 5.32 Å². The first-order valence-corrected chi connectivity index (χ1v) is 7.07. The van der Waals surface area contributed by atoms with E-state index < -0.39 is 0 Å². The van der Waals surface area contributed by atoms with Crippen LogP contribution in [0.4, 0.5) is 0 Å². The van der Waals surface area contributed by atoms with Crippen LogP contribution in [0.25, 0.3) is 11.3 Å². The quantitative estimate of drug-likeness (QED) is 0.882. The second kappa shape index (κ2) is 6.33. The van der Waals surface area contributed by atoms with Crippen molar-refractivity contribution in [3.63, 3.8) is 0 Å². The standard InChI is InChI=1S/C14H16N2O2S/c1-2-13(18)15-8-7-14-16-12(9-19-14)10-3-5-11(17)6-4-10/h3-6,9,17H,2,7-8H2,1H3,(H,15,18). The normalized spacial score (nSPS) is 10.4. The number of hydrogen-bond donors (Lipinski definition) is 2. The molecule has 1 heterocycles. The fourth-order valence-electron chi connectivity index (χ4n) is 1.62. The summed E-state index contributed by atoms with van der Waals surface area (Å²) < 4.78 is 0. The number of phenols is 1. The predicted octanol–water partition coefficient (Wildman–Crippen LogP) is 2.58. The summed E-state index contributed by atoms with van der Waals surface area (Å²) in [5, 5.41) is 15.1. The number of phenolic OH excluding ortho intramolecular Hbond substituents is 1. The summed E-state index contributed by atoms with van der Waals surface area (Å²) in [6.07, 6.45) is 1.26. The van der Waals surface area contributed by atoms with Crippen molar-refractivity contribution >= 4 is 17.2 Å². The molecule has 0 spiro atoms. The zero-order chi connectivity index (χ0) is 13.7. The lowest BCUT2D eigenvalue weighted by Crippen LogP contribution is -2.24. The Labute approximate surface area is 116 Å². The molecular weight excluding hydrogens is 260 g/mol. The highest BCUT2D eigenvalue weighted by Gasteiger charge is 2.05. The minimum absolute atomic E-state index is 0.0651. The van der Waals surface area contributed by atoms with E-state index in [9.17, 15) is 9.90 Å². The highest BCUT2D eigenvalue weighted by Crippen LogP contribution is 2.23. The molecule has 2 N–H and O–H groups in total. The van der Waals surface area contributed by atoms with Crippen LogP contribution in [-0.2, 0) is 11.2 Å². The Balaban J connectivity index is 1.95. The molecule has 5 heteroatoms. The number of carbonyl (C=O) groups is 1. The van der Waals surface area contributed by atoms with Crippen molar-refractivity contribution in [1.29, 1.82) is 0 Å². The van der Waals surface area contributed by atoms with E-state index in [2.05, 4.69) is 10.3 Å². The average Bonchev–Trinajstić information content (AvgIpc) is 2.88. The number of aromatic hydroxyl groups is 1. The van der Waals surface area contributed by atoms with E-state index in [0.717, 1.165) is 22.7 Å². The summed E-state index contributed by atoms with van der Waals surface area (Å²) in [4.78, 5) is 15.6. The van der Waals surface area contributed by atoms with E-state index in [1.165, 1.54) is 0 Å². The molecule has 0 atom stereocenters. The Kier molecular flexibility index (Phi) is 4.52. The van der Waals surface area contributed by atoms with E-state index in [1.807, 2.05) is 24.4 Å². The highest BCUT2D eigenvalue weighted by atomic mass is 32.1. The predicted molar refractivity (Wildman–Crippen MR) is 76.2 cm³/mol. The minimum atomic E-state index is 0.0651. The van der Waals surface area contributed by atoms with E-state index >= 15 is 0 Å². The molecular formula is C14H16N2O2S. The molecule has 1 amide bonds. The topological polar surface area (TPSA) is 62.2 Å². The molecule has 0 saturated heterocycles. The number of carbonyl (C=O) groups excluding carboxylic acids is 1. The van der Waals surface area contributed by atoms with Crippen molar-refractivity contribution in [2.45, 2.75) is 19.8 Å². The van der Waals surface area contributed by atoms with E-state index in [0.29, 0.717) is 13.0 Å². The van der Waals surface area contributed by atoms with Gasteiger partial charge in [0.05, 0.1) is 10.7 Å². The van der Waals surface area contributed by atoms with Gasteiger partial charge in [0.25, 0.3) is 0 Å². The Morgan fingerprint density at radius 1 is 1.37 bits per heavy atom. The third kappa shape index (κ3) is 3.79. The molecule has 1 aromatic heterocycles. The largest absolute Gasteiger partial charge is 0.508 e. The van der Waals surface area contributed by atoms with Gasteiger partial charge in [-0.25, -0.2) is 4.98 Å². The monoisotopic (exact) mass is 276 g/mol. The maximum atomic E-state index is 11.1. The molecule has 2 rings (SSSR count). The van der Waals surface area contributed by atoms with Crippen molar-refractivity contribution < 1.29 is 9.90 Å². The zero-order valence-corrected chi connectivity index (χ0v) is 11.5. The molecule has 19 heavy (non-hydrogen) atoms. The first kappa shape index (κ1) is 13.5. The molecule has 1 aromatic carbocycles. The van der Waals surface area contributed by atoms with Crippen LogP contribution >= 0.6 is 11.3 Å². The molecule has 0 radical (unpaired) electrons. The maximum absolute atomic E-state index is 11.1. The molecule has 0 unspecified atom stereocenters. The summed E-state index contributed by atoms with van der Waals surface area (Å²) in [6.45, 7) is 2.46. The number of aromatic nitrogens is 1. The number of nitrogens with one attached hydrogen (secondary N) is 1. The van der Waals surface area contributed by atoms with Gasteiger partial charge in [-0.15, -0.1) is 11.3 Å².